The summed E-state index contributed by atoms with van der Waals surface area (Å²) in [5, 5.41) is 9.63. The molecule has 23 heavy (non-hydrogen) atoms. The third-order valence-corrected chi connectivity index (χ3v) is 4.10. The Morgan fingerprint density at radius 3 is 2.52 bits per heavy atom. The minimum atomic E-state index is -0.154. The lowest BCUT2D eigenvalue weighted by atomic mass is 10.1. The molecule has 0 aliphatic carbocycles. The lowest BCUT2D eigenvalue weighted by Crippen LogP contribution is -2.37. The fourth-order valence-electron chi connectivity index (χ4n) is 2.28. The van der Waals surface area contributed by atoms with Crippen molar-refractivity contribution in [2.75, 3.05) is 7.05 Å². The van der Waals surface area contributed by atoms with Gasteiger partial charge in [0.05, 0.1) is 11.3 Å². The number of amides is 1. The molecule has 1 aromatic carbocycles. The summed E-state index contributed by atoms with van der Waals surface area (Å²) in [4.78, 5) is 18.4. The second kappa shape index (κ2) is 7.26. The van der Waals surface area contributed by atoms with Crippen LogP contribution in [-0.4, -0.2) is 28.9 Å². The molecule has 0 fully saturated rings. The van der Waals surface area contributed by atoms with Gasteiger partial charge in [-0.25, -0.2) is 4.98 Å². The van der Waals surface area contributed by atoms with Gasteiger partial charge in [-0.15, -0.1) is 0 Å². The highest BCUT2D eigenvalue weighted by atomic mass is 35.5. The summed E-state index contributed by atoms with van der Waals surface area (Å²) in [6.45, 7) is 3.72. The molecule has 4 nitrogen and oxygen atoms in total. The quantitative estimate of drug-likeness (QED) is 0.861. The van der Waals surface area contributed by atoms with Crippen molar-refractivity contribution >= 4 is 17.5 Å². The third kappa shape index (κ3) is 4.08. The molecule has 0 N–H and O–H groups in total. The van der Waals surface area contributed by atoms with Crippen molar-refractivity contribution in [1.29, 1.82) is 5.26 Å². The molecule has 0 unspecified atom stereocenters. The van der Waals surface area contributed by atoms with Gasteiger partial charge in [-0.3, -0.25) is 4.79 Å². The summed E-state index contributed by atoms with van der Waals surface area (Å²) in [5.74, 6) is -0.154. The van der Waals surface area contributed by atoms with E-state index in [1.165, 1.54) is 0 Å². The average molecular weight is 328 g/mol. The van der Waals surface area contributed by atoms with Crippen molar-refractivity contribution in [3.8, 4) is 6.07 Å². The van der Waals surface area contributed by atoms with Gasteiger partial charge in [0.2, 0.25) is 0 Å². The van der Waals surface area contributed by atoms with Crippen molar-refractivity contribution in [2.45, 2.75) is 26.3 Å². The Kier molecular flexibility index (Phi) is 5.36. The van der Waals surface area contributed by atoms with Crippen molar-refractivity contribution in [1.82, 2.24) is 9.88 Å². The minimum absolute atomic E-state index is 0.0152. The van der Waals surface area contributed by atoms with E-state index in [0.29, 0.717) is 22.0 Å². The highest BCUT2D eigenvalue weighted by Crippen LogP contribution is 2.14. The molecule has 118 valence electrons. The first-order valence-corrected chi connectivity index (χ1v) is 7.69. The van der Waals surface area contributed by atoms with Crippen LogP contribution < -0.4 is 0 Å². The summed E-state index contributed by atoms with van der Waals surface area (Å²) >= 11 is 5.89. The summed E-state index contributed by atoms with van der Waals surface area (Å²) in [6.07, 6.45) is 0.731. The zero-order valence-electron chi connectivity index (χ0n) is 13.4. The first-order chi connectivity index (χ1) is 10.9. The second-order valence-corrected chi connectivity index (χ2v) is 5.97. The second-order valence-electron chi connectivity index (χ2n) is 5.54. The maximum atomic E-state index is 12.5. The van der Waals surface area contributed by atoms with E-state index in [2.05, 4.69) is 11.1 Å². The topological polar surface area (TPSA) is 57.0 Å². The number of hydrogen-bond acceptors (Lipinski definition) is 3. The van der Waals surface area contributed by atoms with Gasteiger partial charge in [0.15, 0.2) is 0 Å². The van der Waals surface area contributed by atoms with Crippen molar-refractivity contribution < 1.29 is 4.79 Å². The molecule has 1 aromatic heterocycles. The van der Waals surface area contributed by atoms with Crippen LogP contribution in [0.4, 0.5) is 0 Å². The summed E-state index contributed by atoms with van der Waals surface area (Å²) < 4.78 is 0. The molecule has 0 saturated carbocycles. The Balaban J connectivity index is 2.10. The normalized spacial score (nSPS) is 11.6. The van der Waals surface area contributed by atoms with E-state index in [0.717, 1.165) is 12.0 Å². The molecule has 0 aliphatic rings. The van der Waals surface area contributed by atoms with Gasteiger partial charge in [-0.05, 0) is 50.1 Å². The highest BCUT2D eigenvalue weighted by molar-refractivity contribution is 6.30. The van der Waals surface area contributed by atoms with E-state index in [4.69, 9.17) is 16.9 Å². The Hall–Kier alpha value is -2.38. The Morgan fingerprint density at radius 2 is 1.96 bits per heavy atom. The number of likely N-dealkylation sites (N-methyl/N-ethyl adjacent to an activating group) is 1. The van der Waals surface area contributed by atoms with Crippen LogP contribution in [0.2, 0.25) is 5.02 Å². The Labute approximate surface area is 141 Å². The molecular formula is C18H18ClN3O. The van der Waals surface area contributed by atoms with E-state index in [9.17, 15) is 4.79 Å². The summed E-state index contributed by atoms with van der Waals surface area (Å²) in [5.41, 5.74) is 2.52. The van der Waals surface area contributed by atoms with E-state index < -0.39 is 0 Å². The number of carbonyl (C=O) groups excluding carboxylic acids is 1. The SMILES string of the molecule is Cc1nc(C(=O)N(C)[C@@H](C)Cc2ccc(Cl)cc2)ccc1C#N. The third-order valence-electron chi connectivity index (χ3n) is 3.85. The fraction of sp³-hybridized carbons (Fsp3) is 0.278. The first kappa shape index (κ1) is 17.0. The van der Waals surface area contributed by atoms with Crippen LogP contribution in [0, 0.1) is 18.3 Å². The molecule has 1 amide bonds. The van der Waals surface area contributed by atoms with Crippen LogP contribution in [0.15, 0.2) is 36.4 Å². The number of hydrogen-bond donors (Lipinski definition) is 0. The molecule has 5 heteroatoms. The zero-order chi connectivity index (χ0) is 17.0. The van der Waals surface area contributed by atoms with Gasteiger partial charge >= 0.3 is 0 Å². The van der Waals surface area contributed by atoms with Crippen LogP contribution in [0.25, 0.3) is 0 Å². The molecule has 1 atom stereocenters. The molecular weight excluding hydrogens is 310 g/mol. The number of pyridine rings is 1. The minimum Gasteiger partial charge on any atom is -0.337 e. The monoisotopic (exact) mass is 327 g/mol. The number of rotatable bonds is 4. The number of nitrogens with zero attached hydrogens (tertiary/aromatic N) is 3. The van der Waals surface area contributed by atoms with Gasteiger partial charge in [-0.1, -0.05) is 23.7 Å². The average Bonchev–Trinajstić information content (AvgIpc) is 2.55. The largest absolute Gasteiger partial charge is 0.337 e. The number of aryl methyl sites for hydroxylation is 1. The van der Waals surface area contributed by atoms with E-state index in [1.807, 2.05) is 31.2 Å². The molecule has 0 spiro atoms. The summed E-state index contributed by atoms with van der Waals surface area (Å²) in [6, 6.07) is 12.9. The predicted molar refractivity (Wildman–Crippen MR) is 90.4 cm³/mol. The van der Waals surface area contributed by atoms with E-state index in [1.54, 1.807) is 31.0 Å². The Morgan fingerprint density at radius 1 is 1.30 bits per heavy atom. The molecule has 0 radical (unpaired) electrons. The van der Waals surface area contributed by atoms with Crippen LogP contribution >= 0.6 is 11.6 Å². The molecule has 2 rings (SSSR count). The van der Waals surface area contributed by atoms with Gasteiger partial charge in [0, 0.05) is 18.1 Å². The fourth-order valence-corrected chi connectivity index (χ4v) is 2.40. The molecule has 0 bridgehead atoms. The maximum Gasteiger partial charge on any atom is 0.272 e. The van der Waals surface area contributed by atoms with Crippen molar-refractivity contribution in [3.63, 3.8) is 0 Å². The van der Waals surface area contributed by atoms with Crippen LogP contribution in [0.5, 0.6) is 0 Å². The smallest absolute Gasteiger partial charge is 0.272 e. The van der Waals surface area contributed by atoms with Crippen LogP contribution in [-0.2, 0) is 6.42 Å². The van der Waals surface area contributed by atoms with E-state index in [-0.39, 0.29) is 11.9 Å². The van der Waals surface area contributed by atoms with Crippen molar-refractivity contribution in [2.24, 2.45) is 0 Å². The number of benzene rings is 1. The number of nitriles is 1. The predicted octanol–water partition coefficient (Wildman–Crippen LogP) is 3.62. The molecule has 1 heterocycles. The highest BCUT2D eigenvalue weighted by Gasteiger charge is 2.19. The zero-order valence-corrected chi connectivity index (χ0v) is 14.1. The Bertz CT molecular complexity index is 750. The summed E-state index contributed by atoms with van der Waals surface area (Å²) in [7, 11) is 1.76. The van der Waals surface area contributed by atoms with Crippen LogP contribution in [0.1, 0.15) is 34.2 Å². The lowest BCUT2D eigenvalue weighted by Gasteiger charge is -2.25. The maximum absolute atomic E-state index is 12.5. The lowest BCUT2D eigenvalue weighted by molar-refractivity contribution is 0.0737. The molecule has 2 aromatic rings. The standard InChI is InChI=1S/C18H18ClN3O/c1-12(10-14-4-7-16(19)8-5-14)22(3)18(23)17-9-6-15(11-20)13(2)21-17/h4-9,12H,10H2,1-3H3/t12-/m0/s1. The number of carbonyl (C=O) groups is 1. The van der Waals surface area contributed by atoms with E-state index >= 15 is 0 Å². The van der Waals surface area contributed by atoms with Gasteiger partial charge < -0.3 is 4.90 Å². The van der Waals surface area contributed by atoms with Crippen molar-refractivity contribution in [3.05, 3.63) is 63.9 Å². The molecule has 0 aliphatic heterocycles. The number of halogens is 1. The first-order valence-electron chi connectivity index (χ1n) is 7.31. The van der Waals surface area contributed by atoms with Gasteiger partial charge in [-0.2, -0.15) is 5.26 Å². The van der Waals surface area contributed by atoms with Gasteiger partial charge in [0.1, 0.15) is 11.8 Å². The van der Waals surface area contributed by atoms with Crippen LogP contribution in [0.3, 0.4) is 0 Å². The number of aromatic nitrogens is 1. The van der Waals surface area contributed by atoms with Gasteiger partial charge in [0.25, 0.3) is 5.91 Å². The molecule has 0 saturated heterocycles.